The van der Waals surface area contributed by atoms with E-state index in [0.29, 0.717) is 49.7 Å². The fraction of sp³-hybridized carbons (Fsp3) is 0.759. The summed E-state index contributed by atoms with van der Waals surface area (Å²) >= 11 is 0. The van der Waals surface area contributed by atoms with Crippen molar-refractivity contribution >= 4 is 17.5 Å². The quantitative estimate of drug-likeness (QED) is 0.409. The lowest BCUT2D eigenvalue weighted by Gasteiger charge is -2.60. The highest BCUT2D eigenvalue weighted by Crippen LogP contribution is 2.67. The summed E-state index contributed by atoms with van der Waals surface area (Å²) in [5.41, 5.74) is -1.98. The fourth-order valence-corrected chi connectivity index (χ4v) is 8.45. The molecule has 0 aromatic rings. The molecule has 0 heterocycles. The minimum Gasteiger partial charge on any atom is -0.481 e. The molecule has 200 valence electrons. The van der Waals surface area contributed by atoms with Crippen LogP contribution in [0.3, 0.4) is 0 Å². The van der Waals surface area contributed by atoms with E-state index in [4.69, 9.17) is 0 Å². The monoisotopic (exact) mass is 502 g/mol. The minimum atomic E-state index is -1.57. The topological polar surface area (TPSA) is 132 Å². The summed E-state index contributed by atoms with van der Waals surface area (Å²) in [4.78, 5) is 37.5. The third-order valence-corrected chi connectivity index (χ3v) is 11.1. The zero-order chi connectivity index (χ0) is 27.0. The van der Waals surface area contributed by atoms with E-state index in [9.17, 15) is 34.8 Å². The van der Waals surface area contributed by atoms with Gasteiger partial charge in [0.2, 0.25) is 0 Å². The highest BCUT2D eigenvalue weighted by Gasteiger charge is 2.71. The molecule has 4 aliphatic rings. The lowest BCUT2D eigenvalue weighted by molar-refractivity contribution is -0.176. The number of carbonyl (C=O) groups is 3. The van der Waals surface area contributed by atoms with Crippen LogP contribution in [0.1, 0.15) is 79.6 Å². The van der Waals surface area contributed by atoms with Gasteiger partial charge in [-0.2, -0.15) is 0 Å². The number of Topliss-reactive ketones (excluding diaryl/α,β-unsaturated/α-hetero) is 2. The van der Waals surface area contributed by atoms with Gasteiger partial charge >= 0.3 is 5.97 Å². The molecular weight excluding hydrogens is 460 g/mol. The maximum absolute atomic E-state index is 13.7. The van der Waals surface area contributed by atoms with Crippen LogP contribution < -0.4 is 0 Å². The lowest BCUT2D eigenvalue weighted by atomic mass is 9.46. The second-order valence-electron chi connectivity index (χ2n) is 12.6. The average molecular weight is 503 g/mol. The summed E-state index contributed by atoms with van der Waals surface area (Å²) in [6, 6.07) is 0. The first-order valence-corrected chi connectivity index (χ1v) is 13.4. The number of carboxylic acids is 1. The van der Waals surface area contributed by atoms with E-state index in [0.717, 1.165) is 0 Å². The second kappa shape index (κ2) is 8.88. The molecule has 0 amide bonds. The van der Waals surface area contributed by atoms with E-state index in [2.05, 4.69) is 6.58 Å². The number of aliphatic hydroxyl groups is 3. The molecule has 7 nitrogen and oxygen atoms in total. The molecule has 0 saturated heterocycles. The summed E-state index contributed by atoms with van der Waals surface area (Å²) in [6.07, 6.45) is 0.490. The zero-order valence-corrected chi connectivity index (χ0v) is 22.2. The van der Waals surface area contributed by atoms with Gasteiger partial charge in [0, 0.05) is 29.7 Å². The van der Waals surface area contributed by atoms with Crippen molar-refractivity contribution in [3.8, 4) is 0 Å². The van der Waals surface area contributed by atoms with Crippen molar-refractivity contribution in [2.45, 2.75) is 97.4 Å². The van der Waals surface area contributed by atoms with Gasteiger partial charge < -0.3 is 20.4 Å². The van der Waals surface area contributed by atoms with Gasteiger partial charge in [-0.1, -0.05) is 39.8 Å². The number of carboxylic acid groups (broad SMARTS) is 1. The Labute approximate surface area is 213 Å². The van der Waals surface area contributed by atoms with Crippen molar-refractivity contribution in [1.82, 2.24) is 0 Å². The van der Waals surface area contributed by atoms with E-state index in [-0.39, 0.29) is 47.2 Å². The van der Waals surface area contributed by atoms with Crippen LogP contribution in [-0.4, -0.2) is 55.8 Å². The molecule has 7 heteroatoms. The maximum atomic E-state index is 13.7. The number of aliphatic carboxylic acids is 1. The largest absolute Gasteiger partial charge is 0.481 e. The molecule has 0 aliphatic heterocycles. The molecule has 10 atom stereocenters. The predicted octanol–water partition coefficient (Wildman–Crippen LogP) is 3.45. The molecule has 0 aromatic heterocycles. The molecule has 4 N–H and O–H groups in total. The highest BCUT2D eigenvalue weighted by atomic mass is 16.4. The van der Waals surface area contributed by atoms with Gasteiger partial charge in [0.05, 0.1) is 12.0 Å². The highest BCUT2D eigenvalue weighted by molar-refractivity contribution is 6.01. The number of rotatable bonds is 6. The summed E-state index contributed by atoms with van der Waals surface area (Å²) in [7, 11) is 0. The Morgan fingerprint density at radius 2 is 1.81 bits per heavy atom. The Morgan fingerprint density at radius 1 is 1.17 bits per heavy atom. The van der Waals surface area contributed by atoms with Crippen molar-refractivity contribution < 1.29 is 34.8 Å². The maximum Gasteiger partial charge on any atom is 0.310 e. The van der Waals surface area contributed by atoms with Gasteiger partial charge in [-0.25, -0.2) is 0 Å². The van der Waals surface area contributed by atoms with Crippen molar-refractivity contribution in [2.75, 3.05) is 0 Å². The third-order valence-electron chi connectivity index (χ3n) is 11.1. The standard InChI is InChI=1S/C29H42O7/c1-14(16(3)26(34)35)7-8-15(2)18-9-12-29(36)22-21(31)13-19-17(4)20(30)10-11-27(19,5)23(22)24(32)25(33)28(18,29)6/h15-19,24-25,32-33,36H,1,7-13H2,2-6H3,(H,34,35)/t15-,16+,17+,18?,19+,24?,25?,27+,28+,29-/m1/s1. The number of carbonyl (C=O) groups excluding carboxylic acids is 2. The van der Waals surface area contributed by atoms with E-state index < -0.39 is 40.5 Å². The van der Waals surface area contributed by atoms with Crippen LogP contribution in [0.2, 0.25) is 0 Å². The van der Waals surface area contributed by atoms with E-state index >= 15 is 0 Å². The Hall–Kier alpha value is -1.83. The Balaban J connectivity index is 1.71. The van der Waals surface area contributed by atoms with E-state index in [1.165, 1.54) is 0 Å². The summed E-state index contributed by atoms with van der Waals surface area (Å²) in [5.74, 6) is -2.41. The van der Waals surface area contributed by atoms with Gasteiger partial charge in [0.1, 0.15) is 17.5 Å². The molecule has 0 radical (unpaired) electrons. The van der Waals surface area contributed by atoms with Gasteiger partial charge in [-0.05, 0) is 67.8 Å². The van der Waals surface area contributed by atoms with E-state index in [1.54, 1.807) is 13.8 Å². The van der Waals surface area contributed by atoms with Crippen LogP contribution in [0.15, 0.2) is 23.3 Å². The summed E-state index contributed by atoms with van der Waals surface area (Å²) in [5, 5.41) is 44.8. The smallest absolute Gasteiger partial charge is 0.310 e. The van der Waals surface area contributed by atoms with Crippen LogP contribution >= 0.6 is 0 Å². The number of aliphatic hydroxyl groups excluding tert-OH is 2. The van der Waals surface area contributed by atoms with Crippen molar-refractivity contribution in [3.05, 3.63) is 23.3 Å². The molecule has 0 aromatic carbocycles. The first-order valence-electron chi connectivity index (χ1n) is 13.4. The second-order valence-corrected chi connectivity index (χ2v) is 12.6. The SMILES string of the molecule is C=C(CC[C@@H](C)C1CC[C@@]2(O)C3=C(C(O)C(O)[C@]12C)[C@@]1(C)CCC(=O)[C@@H](C)[C@@H]1CC3=O)[C@H](C)C(=O)O. The molecule has 4 aliphatic carbocycles. The number of ketones is 2. The normalized spacial score (nSPS) is 43.9. The first-order chi connectivity index (χ1) is 16.6. The van der Waals surface area contributed by atoms with Gasteiger partial charge in [-0.3, -0.25) is 14.4 Å². The molecule has 2 fully saturated rings. The van der Waals surface area contributed by atoms with Gasteiger partial charge in [0.25, 0.3) is 0 Å². The number of hydrogen-bond acceptors (Lipinski definition) is 6. The summed E-state index contributed by atoms with van der Waals surface area (Å²) in [6.45, 7) is 13.2. The van der Waals surface area contributed by atoms with Crippen molar-refractivity contribution in [3.63, 3.8) is 0 Å². The molecule has 4 rings (SSSR count). The lowest BCUT2D eigenvalue weighted by Crippen LogP contribution is -2.66. The van der Waals surface area contributed by atoms with Crippen LogP contribution in [-0.2, 0) is 14.4 Å². The Morgan fingerprint density at radius 3 is 2.42 bits per heavy atom. The zero-order valence-electron chi connectivity index (χ0n) is 22.2. The average Bonchev–Trinajstić information content (AvgIpc) is 3.11. The van der Waals surface area contributed by atoms with Gasteiger partial charge in [-0.15, -0.1) is 0 Å². The third kappa shape index (κ3) is 3.52. The minimum absolute atomic E-state index is 0.000113. The van der Waals surface area contributed by atoms with Crippen LogP contribution in [0.5, 0.6) is 0 Å². The van der Waals surface area contributed by atoms with Crippen LogP contribution in [0.25, 0.3) is 0 Å². The molecule has 0 spiro atoms. The Bertz CT molecular complexity index is 1030. The summed E-state index contributed by atoms with van der Waals surface area (Å²) < 4.78 is 0. The molecule has 0 bridgehead atoms. The van der Waals surface area contributed by atoms with Crippen LogP contribution in [0, 0.1) is 40.4 Å². The molecule has 3 unspecified atom stereocenters. The fourth-order valence-electron chi connectivity index (χ4n) is 8.45. The van der Waals surface area contributed by atoms with Crippen molar-refractivity contribution in [1.29, 1.82) is 0 Å². The number of hydrogen-bond donors (Lipinski definition) is 4. The Kier molecular flexibility index (Phi) is 6.71. The molecule has 36 heavy (non-hydrogen) atoms. The van der Waals surface area contributed by atoms with Gasteiger partial charge in [0.15, 0.2) is 5.78 Å². The van der Waals surface area contributed by atoms with Crippen LogP contribution in [0.4, 0.5) is 0 Å². The van der Waals surface area contributed by atoms with Crippen molar-refractivity contribution in [2.24, 2.45) is 40.4 Å². The predicted molar refractivity (Wildman–Crippen MR) is 134 cm³/mol. The van der Waals surface area contributed by atoms with E-state index in [1.807, 2.05) is 20.8 Å². The molecular formula is C29H42O7. The number of fused-ring (bicyclic) bond motifs is 4. The molecule has 2 saturated carbocycles. The first kappa shape index (κ1) is 27.2.